The first-order valence-corrected chi connectivity index (χ1v) is 11.8. The molecular weight excluding hydrogens is 469 g/mol. The summed E-state index contributed by atoms with van der Waals surface area (Å²) in [5.74, 6) is -0.771. The summed E-state index contributed by atoms with van der Waals surface area (Å²) in [5.41, 5.74) is 2.22. The van der Waals surface area contributed by atoms with E-state index in [-0.39, 0.29) is 22.4 Å². The second-order valence-electron chi connectivity index (χ2n) is 8.56. The summed E-state index contributed by atoms with van der Waals surface area (Å²) in [7, 11) is 0. The van der Waals surface area contributed by atoms with Gasteiger partial charge in [-0.1, -0.05) is 41.9 Å². The molecular formula is C26H23ClFN5O2. The van der Waals surface area contributed by atoms with Gasteiger partial charge in [-0.3, -0.25) is 14.2 Å². The minimum Gasteiger partial charge on any atom is -0.351 e. The minimum absolute atomic E-state index is 0.138. The molecule has 35 heavy (non-hydrogen) atoms. The van der Waals surface area contributed by atoms with Crippen LogP contribution in [0.5, 0.6) is 0 Å². The van der Waals surface area contributed by atoms with E-state index in [4.69, 9.17) is 11.6 Å². The zero-order valence-electron chi connectivity index (χ0n) is 18.8. The maximum Gasteiger partial charge on any atom is 0.295 e. The Morgan fingerprint density at radius 2 is 1.97 bits per heavy atom. The summed E-state index contributed by atoms with van der Waals surface area (Å²) in [6.07, 6.45) is 3.03. The second-order valence-corrected chi connectivity index (χ2v) is 8.96. The van der Waals surface area contributed by atoms with Crippen LogP contribution in [0.15, 0.2) is 71.7 Å². The molecule has 4 aromatic rings. The number of amides is 1. The van der Waals surface area contributed by atoms with Gasteiger partial charge in [-0.15, -0.1) is 0 Å². The first-order chi connectivity index (χ1) is 17.0. The van der Waals surface area contributed by atoms with Crippen LogP contribution < -0.4 is 15.8 Å². The van der Waals surface area contributed by atoms with Crippen molar-refractivity contribution in [3.05, 3.63) is 93.6 Å². The fourth-order valence-corrected chi connectivity index (χ4v) is 4.60. The Bertz CT molecular complexity index is 1440. The molecule has 1 amide bonds. The Morgan fingerprint density at radius 3 is 2.77 bits per heavy atom. The molecule has 1 atom stereocenters. The van der Waals surface area contributed by atoms with E-state index in [0.717, 1.165) is 18.1 Å². The van der Waals surface area contributed by atoms with Gasteiger partial charge in [0.1, 0.15) is 11.3 Å². The molecule has 3 heterocycles. The Kier molecular flexibility index (Phi) is 6.46. The molecule has 1 aliphatic heterocycles. The van der Waals surface area contributed by atoms with Crippen molar-refractivity contribution in [2.75, 3.05) is 23.3 Å². The van der Waals surface area contributed by atoms with Gasteiger partial charge in [0, 0.05) is 19.3 Å². The number of pyridine rings is 1. The van der Waals surface area contributed by atoms with Gasteiger partial charge in [-0.05, 0) is 48.7 Å². The number of rotatable bonds is 5. The van der Waals surface area contributed by atoms with Gasteiger partial charge in [-0.2, -0.15) is 0 Å². The van der Waals surface area contributed by atoms with Crippen LogP contribution in [-0.4, -0.2) is 33.5 Å². The third-order valence-corrected chi connectivity index (χ3v) is 6.46. The van der Waals surface area contributed by atoms with E-state index in [2.05, 4.69) is 15.3 Å². The number of nitrogens with zero attached hydrogens (tertiary/aromatic N) is 4. The van der Waals surface area contributed by atoms with Crippen molar-refractivity contribution < 1.29 is 9.18 Å². The lowest BCUT2D eigenvalue weighted by Gasteiger charge is -2.32. The third kappa shape index (κ3) is 4.88. The smallest absolute Gasteiger partial charge is 0.295 e. The van der Waals surface area contributed by atoms with Crippen LogP contribution >= 0.6 is 11.6 Å². The maximum atomic E-state index is 13.6. The Balaban J connectivity index is 1.44. The van der Waals surface area contributed by atoms with Crippen LogP contribution in [0.1, 0.15) is 18.4 Å². The van der Waals surface area contributed by atoms with E-state index >= 15 is 0 Å². The molecule has 1 aliphatic rings. The van der Waals surface area contributed by atoms with Crippen LogP contribution in [0.3, 0.4) is 0 Å². The number of fused-ring (bicyclic) bond motifs is 1. The number of hydrogen-bond donors (Lipinski definition) is 1. The molecule has 0 spiro atoms. The lowest BCUT2D eigenvalue weighted by atomic mass is 9.97. The van der Waals surface area contributed by atoms with Crippen LogP contribution in [-0.2, 0) is 11.3 Å². The number of aromatic nitrogens is 3. The van der Waals surface area contributed by atoms with Crippen LogP contribution in [0.4, 0.5) is 15.9 Å². The molecule has 0 bridgehead atoms. The number of nitrogens with one attached hydrogen (secondary N) is 1. The number of carbonyl (C=O) groups excluding carboxylic acids is 1. The molecule has 0 aliphatic carbocycles. The van der Waals surface area contributed by atoms with Gasteiger partial charge in [0.2, 0.25) is 5.91 Å². The predicted molar refractivity (Wildman–Crippen MR) is 134 cm³/mol. The first kappa shape index (κ1) is 23.0. The topological polar surface area (TPSA) is 80.1 Å². The van der Waals surface area contributed by atoms with E-state index < -0.39 is 5.82 Å². The fourth-order valence-electron chi connectivity index (χ4n) is 4.39. The van der Waals surface area contributed by atoms with Crippen LogP contribution in [0.25, 0.3) is 11.2 Å². The van der Waals surface area contributed by atoms with Gasteiger partial charge in [-0.25, -0.2) is 14.4 Å². The minimum atomic E-state index is -0.472. The third-order valence-electron chi connectivity index (χ3n) is 6.15. The van der Waals surface area contributed by atoms with Crippen molar-refractivity contribution in [1.82, 2.24) is 14.5 Å². The molecule has 1 N–H and O–H groups in total. The first-order valence-electron chi connectivity index (χ1n) is 11.4. The normalized spacial score (nSPS) is 15.8. The Labute approximate surface area is 206 Å². The largest absolute Gasteiger partial charge is 0.351 e. The molecule has 1 fully saturated rings. The van der Waals surface area contributed by atoms with Gasteiger partial charge in [0.05, 0.1) is 23.2 Å². The van der Waals surface area contributed by atoms with Gasteiger partial charge in [0.25, 0.3) is 5.56 Å². The molecule has 2 aromatic carbocycles. The summed E-state index contributed by atoms with van der Waals surface area (Å²) in [5, 5.41) is 2.93. The monoisotopic (exact) mass is 491 g/mol. The number of benzene rings is 2. The highest BCUT2D eigenvalue weighted by atomic mass is 35.5. The van der Waals surface area contributed by atoms with Crippen molar-refractivity contribution in [2.24, 2.45) is 5.92 Å². The molecule has 178 valence electrons. The lowest BCUT2D eigenvalue weighted by molar-refractivity contribution is -0.120. The second kappa shape index (κ2) is 9.84. The summed E-state index contributed by atoms with van der Waals surface area (Å²) in [6, 6.07) is 17.2. The summed E-state index contributed by atoms with van der Waals surface area (Å²) < 4.78 is 15.0. The molecule has 0 radical (unpaired) electrons. The van der Waals surface area contributed by atoms with E-state index in [1.54, 1.807) is 16.8 Å². The molecule has 9 heteroatoms. The van der Waals surface area contributed by atoms with Crippen molar-refractivity contribution in [3.8, 4) is 0 Å². The highest BCUT2D eigenvalue weighted by molar-refractivity contribution is 6.33. The number of anilines is 2. The van der Waals surface area contributed by atoms with Gasteiger partial charge in [0.15, 0.2) is 11.5 Å². The van der Waals surface area contributed by atoms with Gasteiger partial charge >= 0.3 is 0 Å². The van der Waals surface area contributed by atoms with E-state index in [1.807, 2.05) is 41.3 Å². The summed E-state index contributed by atoms with van der Waals surface area (Å²) in [6.45, 7) is 1.31. The van der Waals surface area contributed by atoms with E-state index in [9.17, 15) is 14.0 Å². The molecule has 7 nitrogen and oxygen atoms in total. The van der Waals surface area contributed by atoms with E-state index in [0.29, 0.717) is 48.7 Å². The van der Waals surface area contributed by atoms with Crippen molar-refractivity contribution in [1.29, 1.82) is 0 Å². The van der Waals surface area contributed by atoms with Crippen LogP contribution in [0.2, 0.25) is 5.02 Å². The number of halogens is 2. The van der Waals surface area contributed by atoms with Gasteiger partial charge < -0.3 is 10.2 Å². The average molecular weight is 492 g/mol. The summed E-state index contributed by atoms with van der Waals surface area (Å²) >= 11 is 6.07. The average Bonchev–Trinajstić information content (AvgIpc) is 2.88. The van der Waals surface area contributed by atoms with Crippen molar-refractivity contribution in [2.45, 2.75) is 19.4 Å². The highest BCUT2D eigenvalue weighted by Gasteiger charge is 2.29. The Morgan fingerprint density at radius 1 is 1.14 bits per heavy atom. The SMILES string of the molecule is O=C(Nc1ccc(F)cc1Cl)[C@H]1CCCN(c2nc3cccnc3n(Cc3ccccc3)c2=O)C1. The molecule has 2 aromatic heterocycles. The maximum absolute atomic E-state index is 13.6. The predicted octanol–water partition coefficient (Wildman–Crippen LogP) is 4.49. The number of hydrogen-bond acceptors (Lipinski definition) is 5. The fraction of sp³-hybridized carbons (Fsp3) is 0.231. The zero-order chi connectivity index (χ0) is 24.4. The molecule has 1 saturated heterocycles. The number of carbonyl (C=O) groups is 1. The van der Waals surface area contributed by atoms with Crippen molar-refractivity contribution in [3.63, 3.8) is 0 Å². The van der Waals surface area contributed by atoms with E-state index in [1.165, 1.54) is 12.1 Å². The zero-order valence-corrected chi connectivity index (χ0v) is 19.6. The lowest BCUT2D eigenvalue weighted by Crippen LogP contribution is -2.44. The molecule has 0 saturated carbocycles. The molecule has 5 rings (SSSR count). The quantitative estimate of drug-likeness (QED) is 0.445. The van der Waals surface area contributed by atoms with Crippen molar-refractivity contribution >= 4 is 40.2 Å². The summed E-state index contributed by atoms with van der Waals surface area (Å²) in [4.78, 5) is 37.5. The van der Waals surface area contributed by atoms with Crippen LogP contribution in [0, 0.1) is 11.7 Å². The highest BCUT2D eigenvalue weighted by Crippen LogP contribution is 2.26. The molecule has 0 unspecified atom stereocenters. The Hall–Kier alpha value is -3.78. The standard InChI is InChI=1S/C26H23ClFN5O2/c27-20-14-19(28)10-11-21(20)31-25(34)18-8-5-13-32(16-18)24-26(35)33(15-17-6-2-1-3-7-17)23-22(30-24)9-4-12-29-23/h1-4,6-7,9-12,14,18H,5,8,13,15-16H2,(H,31,34)/t18-/m0/s1. The number of piperidine rings is 1.